The number of aliphatic hydroxyl groups excluding tert-OH is 1. The molecule has 0 bridgehead atoms. The number of hydrogen-bond donors (Lipinski definition) is 4. The summed E-state index contributed by atoms with van der Waals surface area (Å²) in [6.07, 6.45) is 2.04. The highest BCUT2D eigenvalue weighted by Gasteiger charge is 2.30. The summed E-state index contributed by atoms with van der Waals surface area (Å²) < 4.78 is 53.3. The van der Waals surface area contributed by atoms with Crippen LogP contribution in [0.1, 0.15) is 30.5 Å². The van der Waals surface area contributed by atoms with Gasteiger partial charge in [0.05, 0.1) is 17.6 Å². The molecule has 9 nitrogen and oxygen atoms in total. The number of nitrogens with zero attached hydrogens (tertiary/aromatic N) is 1. The van der Waals surface area contributed by atoms with Gasteiger partial charge in [0.25, 0.3) is 0 Å². The van der Waals surface area contributed by atoms with Crippen molar-refractivity contribution in [2.24, 2.45) is 0 Å². The average Bonchev–Trinajstić information content (AvgIpc) is 2.95. The van der Waals surface area contributed by atoms with E-state index in [-0.39, 0.29) is 17.2 Å². The molecule has 0 radical (unpaired) electrons. The van der Waals surface area contributed by atoms with Gasteiger partial charge in [-0.3, -0.25) is 4.72 Å². The third-order valence-corrected chi connectivity index (χ3v) is 7.21. The second-order valence-electron chi connectivity index (χ2n) is 6.77. The van der Waals surface area contributed by atoms with Crippen LogP contribution in [-0.4, -0.2) is 32.8 Å². The van der Waals surface area contributed by atoms with Crippen molar-refractivity contribution in [1.82, 2.24) is 4.72 Å². The molecule has 0 amide bonds. The van der Waals surface area contributed by atoms with Crippen LogP contribution in [0.3, 0.4) is 0 Å². The maximum absolute atomic E-state index is 12.0. The van der Waals surface area contributed by atoms with Crippen LogP contribution in [-0.2, 0) is 33.1 Å². The van der Waals surface area contributed by atoms with E-state index in [1.54, 1.807) is 19.1 Å². The van der Waals surface area contributed by atoms with Crippen molar-refractivity contribution in [2.75, 3.05) is 14.8 Å². The van der Waals surface area contributed by atoms with Crippen LogP contribution >= 0.6 is 0 Å². The molecule has 11 heteroatoms. The van der Waals surface area contributed by atoms with Gasteiger partial charge in [-0.05, 0) is 54.7 Å². The third kappa shape index (κ3) is 4.62. The zero-order valence-electron chi connectivity index (χ0n) is 16.5. The number of nitrogens with one attached hydrogen (secondary N) is 2. The van der Waals surface area contributed by atoms with E-state index in [4.69, 9.17) is 0 Å². The minimum Gasteiger partial charge on any atom is -0.506 e. The summed E-state index contributed by atoms with van der Waals surface area (Å²) in [4.78, 5) is 0. The van der Waals surface area contributed by atoms with Gasteiger partial charge in [-0.15, -0.1) is 0 Å². The second kappa shape index (κ2) is 8.07. The first kappa shape index (κ1) is 21.8. The molecule has 0 saturated heterocycles. The lowest BCUT2D eigenvalue weighted by Gasteiger charge is -2.17. The Balaban J connectivity index is 1.94. The van der Waals surface area contributed by atoms with Gasteiger partial charge < -0.3 is 10.2 Å². The average molecular weight is 454 g/mol. The fourth-order valence-corrected chi connectivity index (χ4v) is 4.77. The SMILES string of the molecule is CCc1ccc(NS(=O)(=O)CC)c(Cc2ccc(N3C=C(O)NS3(=O)=O)c(O)c2)c1. The van der Waals surface area contributed by atoms with E-state index in [1.165, 1.54) is 12.1 Å². The van der Waals surface area contributed by atoms with Crippen molar-refractivity contribution in [2.45, 2.75) is 26.7 Å². The molecular weight excluding hydrogens is 430 g/mol. The van der Waals surface area contributed by atoms with E-state index in [9.17, 15) is 27.0 Å². The number of phenols is 1. The fourth-order valence-electron chi connectivity index (χ4n) is 3.02. The lowest BCUT2D eigenvalue weighted by Crippen LogP contribution is -2.29. The molecule has 0 spiro atoms. The zero-order chi connectivity index (χ0) is 22.1. The topological polar surface area (TPSA) is 136 Å². The Hall–Kier alpha value is -2.92. The molecule has 1 heterocycles. The highest BCUT2D eigenvalue weighted by Crippen LogP contribution is 2.33. The standard InChI is InChI=1S/C19H23N3O6S2/c1-3-13-5-7-16(20-29(25,26)4-2)15(9-13)10-14-6-8-17(18(23)11-14)22-12-19(24)21-30(22,27)28/h5-9,11-12,20-21,23-24H,3-4,10H2,1-2H3. The number of aromatic hydroxyl groups is 1. The van der Waals surface area contributed by atoms with Crippen LogP contribution in [0.4, 0.5) is 11.4 Å². The molecule has 3 rings (SSSR count). The minimum atomic E-state index is -4.02. The van der Waals surface area contributed by atoms with Gasteiger partial charge in [0.1, 0.15) is 11.4 Å². The van der Waals surface area contributed by atoms with Crippen molar-refractivity contribution in [3.8, 4) is 5.75 Å². The van der Waals surface area contributed by atoms with Gasteiger partial charge in [0, 0.05) is 0 Å². The van der Waals surface area contributed by atoms with Crippen LogP contribution in [0.5, 0.6) is 5.75 Å². The van der Waals surface area contributed by atoms with E-state index >= 15 is 0 Å². The molecule has 1 aliphatic heterocycles. The van der Waals surface area contributed by atoms with Crippen LogP contribution in [0.15, 0.2) is 48.5 Å². The van der Waals surface area contributed by atoms with Crippen molar-refractivity contribution >= 4 is 31.6 Å². The van der Waals surface area contributed by atoms with Gasteiger partial charge in [-0.2, -0.15) is 8.42 Å². The van der Waals surface area contributed by atoms with E-state index < -0.39 is 26.1 Å². The van der Waals surface area contributed by atoms with Crippen molar-refractivity contribution in [3.05, 3.63) is 65.2 Å². The molecule has 30 heavy (non-hydrogen) atoms. The molecule has 0 fully saturated rings. The summed E-state index contributed by atoms with van der Waals surface area (Å²) in [6.45, 7) is 3.54. The Kier molecular flexibility index (Phi) is 5.86. The quantitative estimate of drug-likeness (QED) is 0.508. The Morgan fingerprint density at radius 1 is 1.07 bits per heavy atom. The summed E-state index contributed by atoms with van der Waals surface area (Å²) in [5, 5.41) is 19.8. The number of aliphatic hydroxyl groups is 1. The summed E-state index contributed by atoms with van der Waals surface area (Å²) >= 11 is 0. The number of hydrogen-bond acceptors (Lipinski definition) is 6. The minimum absolute atomic E-state index is 0.0236. The summed E-state index contributed by atoms with van der Waals surface area (Å²) in [5.74, 6) is -0.912. The van der Waals surface area contributed by atoms with E-state index in [0.717, 1.165) is 28.1 Å². The van der Waals surface area contributed by atoms with Gasteiger partial charge in [0.15, 0.2) is 0 Å². The Morgan fingerprint density at radius 2 is 1.77 bits per heavy atom. The van der Waals surface area contributed by atoms with Crippen molar-refractivity contribution in [3.63, 3.8) is 0 Å². The van der Waals surface area contributed by atoms with Gasteiger partial charge in [0.2, 0.25) is 15.9 Å². The highest BCUT2D eigenvalue weighted by atomic mass is 32.2. The van der Waals surface area contributed by atoms with Crippen LogP contribution in [0, 0.1) is 0 Å². The molecule has 0 saturated carbocycles. The molecule has 1 aliphatic rings. The van der Waals surface area contributed by atoms with Crippen LogP contribution in [0.2, 0.25) is 0 Å². The highest BCUT2D eigenvalue weighted by molar-refractivity contribution is 7.92. The largest absolute Gasteiger partial charge is 0.506 e. The molecule has 0 aromatic heterocycles. The number of sulfonamides is 1. The molecular formula is C19H23N3O6S2. The summed E-state index contributed by atoms with van der Waals surface area (Å²) in [7, 11) is -7.48. The number of anilines is 2. The molecule has 2 aromatic rings. The number of rotatable bonds is 7. The van der Waals surface area contributed by atoms with E-state index in [2.05, 4.69) is 4.72 Å². The third-order valence-electron chi connectivity index (χ3n) is 4.63. The fraction of sp³-hybridized carbons (Fsp3) is 0.263. The summed E-state index contributed by atoms with van der Waals surface area (Å²) in [5.41, 5.74) is 2.84. The number of phenolic OH excluding ortho intramolecular Hbond substituents is 1. The lowest BCUT2D eigenvalue weighted by atomic mass is 9.99. The molecule has 0 aliphatic carbocycles. The Morgan fingerprint density at radius 3 is 2.33 bits per heavy atom. The predicted molar refractivity (Wildman–Crippen MR) is 115 cm³/mol. The van der Waals surface area contributed by atoms with Crippen molar-refractivity contribution < 1.29 is 27.0 Å². The van der Waals surface area contributed by atoms with Gasteiger partial charge in [-0.25, -0.2) is 17.4 Å². The normalized spacial score (nSPS) is 15.5. The lowest BCUT2D eigenvalue weighted by molar-refractivity contribution is 0.392. The van der Waals surface area contributed by atoms with E-state index in [0.29, 0.717) is 17.7 Å². The van der Waals surface area contributed by atoms with Crippen LogP contribution < -0.4 is 13.7 Å². The van der Waals surface area contributed by atoms with Crippen molar-refractivity contribution in [1.29, 1.82) is 0 Å². The van der Waals surface area contributed by atoms with Gasteiger partial charge >= 0.3 is 10.2 Å². The predicted octanol–water partition coefficient (Wildman–Crippen LogP) is 2.32. The first-order chi connectivity index (χ1) is 14.0. The first-order valence-electron chi connectivity index (χ1n) is 9.21. The van der Waals surface area contributed by atoms with Gasteiger partial charge in [-0.1, -0.05) is 25.1 Å². The second-order valence-corrected chi connectivity index (χ2v) is 10.3. The molecule has 0 atom stereocenters. The Bertz CT molecular complexity index is 1210. The number of aryl methyl sites for hydroxylation is 1. The smallest absolute Gasteiger partial charge is 0.330 e. The zero-order valence-corrected chi connectivity index (χ0v) is 18.1. The molecule has 162 valence electrons. The Labute approximate surface area is 175 Å². The number of benzene rings is 2. The molecule has 4 N–H and O–H groups in total. The van der Waals surface area contributed by atoms with Crippen LogP contribution in [0.25, 0.3) is 0 Å². The maximum atomic E-state index is 12.0. The van der Waals surface area contributed by atoms with E-state index in [1.807, 2.05) is 23.8 Å². The monoisotopic (exact) mass is 453 g/mol. The molecule has 0 unspecified atom stereocenters. The first-order valence-corrected chi connectivity index (χ1v) is 12.3. The summed E-state index contributed by atoms with van der Waals surface area (Å²) in [6, 6.07) is 9.91. The maximum Gasteiger partial charge on any atom is 0.330 e. The molecule has 2 aromatic carbocycles.